The summed E-state index contributed by atoms with van der Waals surface area (Å²) in [6.45, 7) is 0.405. The van der Waals surface area contributed by atoms with E-state index in [-0.39, 0.29) is 11.3 Å². The molecular formula is C11H10FN3OS. The van der Waals surface area contributed by atoms with Gasteiger partial charge in [0.25, 0.3) is 0 Å². The topological polar surface area (TPSA) is 68.0 Å². The Kier molecular flexibility index (Phi) is 3.34. The molecule has 2 aromatic rings. The molecule has 0 radical (unpaired) electrons. The average molecular weight is 251 g/mol. The molecule has 0 aliphatic heterocycles. The van der Waals surface area contributed by atoms with E-state index in [0.717, 1.165) is 5.69 Å². The second-order valence-electron chi connectivity index (χ2n) is 3.39. The third-order valence-corrected chi connectivity index (χ3v) is 2.83. The van der Waals surface area contributed by atoms with E-state index in [1.54, 1.807) is 5.51 Å². The molecule has 17 heavy (non-hydrogen) atoms. The summed E-state index contributed by atoms with van der Waals surface area (Å²) >= 11 is 1.47. The highest BCUT2D eigenvalue weighted by molar-refractivity contribution is 7.07. The number of rotatable bonds is 4. The minimum atomic E-state index is -0.582. The molecule has 2 rings (SSSR count). The van der Waals surface area contributed by atoms with E-state index in [1.807, 2.05) is 5.38 Å². The Bertz CT molecular complexity index is 528. The van der Waals surface area contributed by atoms with E-state index in [4.69, 9.17) is 5.73 Å². The molecule has 88 valence electrons. The van der Waals surface area contributed by atoms with Crippen LogP contribution in [-0.4, -0.2) is 10.9 Å². The Labute approximate surface area is 101 Å². The van der Waals surface area contributed by atoms with Gasteiger partial charge in [0.2, 0.25) is 5.91 Å². The Morgan fingerprint density at radius 1 is 1.53 bits per heavy atom. The molecule has 0 aliphatic carbocycles. The van der Waals surface area contributed by atoms with Gasteiger partial charge in [-0.25, -0.2) is 9.37 Å². The molecule has 0 saturated carbocycles. The highest BCUT2D eigenvalue weighted by Crippen LogP contribution is 2.17. The number of hydrogen-bond acceptors (Lipinski definition) is 4. The number of hydrogen-bond donors (Lipinski definition) is 2. The van der Waals surface area contributed by atoms with Gasteiger partial charge in [0.15, 0.2) is 0 Å². The molecule has 4 nitrogen and oxygen atoms in total. The van der Waals surface area contributed by atoms with E-state index in [2.05, 4.69) is 10.3 Å². The molecule has 0 fully saturated rings. The number of halogens is 1. The summed E-state index contributed by atoms with van der Waals surface area (Å²) in [7, 11) is 0. The average Bonchev–Trinajstić information content (AvgIpc) is 2.80. The number of nitrogens with two attached hydrogens (primary N) is 1. The van der Waals surface area contributed by atoms with Crippen LogP contribution in [0.5, 0.6) is 0 Å². The normalized spacial score (nSPS) is 10.2. The number of aromatic nitrogens is 1. The first-order valence-electron chi connectivity index (χ1n) is 4.87. The Balaban J connectivity index is 2.14. The van der Waals surface area contributed by atoms with E-state index < -0.39 is 11.7 Å². The summed E-state index contributed by atoms with van der Waals surface area (Å²) in [5.74, 6) is -1.01. The van der Waals surface area contributed by atoms with Gasteiger partial charge in [0.1, 0.15) is 5.82 Å². The molecule has 1 aromatic carbocycles. The van der Waals surface area contributed by atoms with Crippen LogP contribution in [0.1, 0.15) is 16.1 Å². The van der Waals surface area contributed by atoms with Crippen molar-refractivity contribution in [3.05, 3.63) is 46.2 Å². The summed E-state index contributed by atoms with van der Waals surface area (Å²) in [5, 5.41) is 4.74. The highest BCUT2D eigenvalue weighted by atomic mass is 32.1. The van der Waals surface area contributed by atoms with Crippen molar-refractivity contribution in [1.29, 1.82) is 0 Å². The van der Waals surface area contributed by atoms with E-state index in [0.29, 0.717) is 6.54 Å². The Morgan fingerprint density at radius 2 is 2.35 bits per heavy atom. The number of amides is 1. The maximum Gasteiger partial charge on any atom is 0.248 e. The van der Waals surface area contributed by atoms with Crippen molar-refractivity contribution in [2.45, 2.75) is 6.54 Å². The molecule has 0 atom stereocenters. The third-order valence-electron chi connectivity index (χ3n) is 2.19. The van der Waals surface area contributed by atoms with Gasteiger partial charge in [-0.1, -0.05) is 0 Å². The predicted molar refractivity (Wildman–Crippen MR) is 64.4 cm³/mol. The number of nitrogens with one attached hydrogen (secondary N) is 1. The van der Waals surface area contributed by atoms with E-state index in [1.165, 1.54) is 29.5 Å². The lowest BCUT2D eigenvalue weighted by molar-refractivity contribution is 0.100. The zero-order valence-corrected chi connectivity index (χ0v) is 9.63. The molecule has 6 heteroatoms. The van der Waals surface area contributed by atoms with Crippen molar-refractivity contribution >= 4 is 22.9 Å². The van der Waals surface area contributed by atoms with Gasteiger partial charge in [-0.05, 0) is 18.2 Å². The number of primary amides is 1. The molecule has 1 heterocycles. The summed E-state index contributed by atoms with van der Waals surface area (Å²) in [6, 6.07) is 3.96. The second-order valence-corrected chi connectivity index (χ2v) is 4.11. The monoisotopic (exact) mass is 251 g/mol. The van der Waals surface area contributed by atoms with Crippen molar-refractivity contribution in [3.8, 4) is 0 Å². The fourth-order valence-electron chi connectivity index (χ4n) is 1.32. The fourth-order valence-corrected chi connectivity index (χ4v) is 1.88. The summed E-state index contributed by atoms with van der Waals surface area (Å²) in [4.78, 5) is 15.0. The standard InChI is InChI=1S/C11H10FN3OS/c12-9-2-1-7(11(13)16)3-10(9)14-4-8-5-17-6-15-8/h1-3,5-6,14H,4H2,(H2,13,16). The maximum absolute atomic E-state index is 13.4. The summed E-state index contributed by atoms with van der Waals surface area (Å²) < 4.78 is 13.4. The van der Waals surface area contributed by atoms with Crippen molar-refractivity contribution in [3.63, 3.8) is 0 Å². The van der Waals surface area contributed by atoms with Crippen LogP contribution >= 0.6 is 11.3 Å². The van der Waals surface area contributed by atoms with Gasteiger partial charge in [-0.3, -0.25) is 4.79 Å². The lowest BCUT2D eigenvalue weighted by Gasteiger charge is -2.07. The number of thiazole rings is 1. The van der Waals surface area contributed by atoms with E-state index >= 15 is 0 Å². The number of nitrogens with zero attached hydrogens (tertiary/aromatic N) is 1. The first-order valence-corrected chi connectivity index (χ1v) is 5.81. The highest BCUT2D eigenvalue weighted by Gasteiger charge is 2.07. The van der Waals surface area contributed by atoms with Crippen LogP contribution in [-0.2, 0) is 6.54 Å². The van der Waals surface area contributed by atoms with Crippen LogP contribution in [0.2, 0.25) is 0 Å². The van der Waals surface area contributed by atoms with Crippen LogP contribution in [0, 0.1) is 5.82 Å². The van der Waals surface area contributed by atoms with Crippen molar-refractivity contribution in [2.75, 3.05) is 5.32 Å². The number of benzene rings is 1. The van der Waals surface area contributed by atoms with Gasteiger partial charge in [0, 0.05) is 10.9 Å². The van der Waals surface area contributed by atoms with Crippen molar-refractivity contribution in [1.82, 2.24) is 4.98 Å². The van der Waals surface area contributed by atoms with Gasteiger partial charge in [-0.15, -0.1) is 11.3 Å². The first-order chi connectivity index (χ1) is 8.16. The molecule has 0 saturated heterocycles. The van der Waals surface area contributed by atoms with Crippen LogP contribution in [0.3, 0.4) is 0 Å². The largest absolute Gasteiger partial charge is 0.377 e. The van der Waals surface area contributed by atoms with Crippen LogP contribution in [0.4, 0.5) is 10.1 Å². The van der Waals surface area contributed by atoms with Crippen LogP contribution in [0.15, 0.2) is 29.1 Å². The molecule has 1 aromatic heterocycles. The van der Waals surface area contributed by atoms with Gasteiger partial charge in [0.05, 0.1) is 23.4 Å². The van der Waals surface area contributed by atoms with E-state index in [9.17, 15) is 9.18 Å². The molecule has 0 unspecified atom stereocenters. The minimum Gasteiger partial charge on any atom is -0.377 e. The summed E-state index contributed by atoms with van der Waals surface area (Å²) in [6.07, 6.45) is 0. The lowest BCUT2D eigenvalue weighted by Crippen LogP contribution is -2.12. The summed E-state index contributed by atoms with van der Waals surface area (Å²) in [5.41, 5.74) is 8.16. The predicted octanol–water partition coefficient (Wildman–Crippen LogP) is 1.99. The fraction of sp³-hybridized carbons (Fsp3) is 0.0909. The Hall–Kier alpha value is -1.95. The van der Waals surface area contributed by atoms with Crippen LogP contribution in [0.25, 0.3) is 0 Å². The van der Waals surface area contributed by atoms with Gasteiger partial charge in [-0.2, -0.15) is 0 Å². The number of carbonyl (C=O) groups excluding carboxylic acids is 1. The minimum absolute atomic E-state index is 0.245. The van der Waals surface area contributed by atoms with Crippen molar-refractivity contribution in [2.24, 2.45) is 5.73 Å². The lowest BCUT2D eigenvalue weighted by atomic mass is 10.2. The van der Waals surface area contributed by atoms with Gasteiger partial charge < -0.3 is 11.1 Å². The molecule has 0 bridgehead atoms. The zero-order valence-electron chi connectivity index (χ0n) is 8.81. The van der Waals surface area contributed by atoms with Gasteiger partial charge >= 0.3 is 0 Å². The van der Waals surface area contributed by atoms with Crippen molar-refractivity contribution < 1.29 is 9.18 Å². The smallest absolute Gasteiger partial charge is 0.248 e. The molecule has 3 N–H and O–H groups in total. The second kappa shape index (κ2) is 4.92. The molecule has 0 aliphatic rings. The third kappa shape index (κ3) is 2.79. The first kappa shape index (κ1) is 11.5. The molecule has 1 amide bonds. The molecule has 0 spiro atoms. The zero-order chi connectivity index (χ0) is 12.3. The Morgan fingerprint density at radius 3 is 3.00 bits per heavy atom. The number of carbonyl (C=O) groups is 1. The quantitative estimate of drug-likeness (QED) is 0.873. The van der Waals surface area contributed by atoms with Crippen LogP contribution < -0.4 is 11.1 Å². The maximum atomic E-state index is 13.4. The number of anilines is 1. The molecular weight excluding hydrogens is 241 g/mol. The SMILES string of the molecule is NC(=O)c1ccc(F)c(NCc2cscn2)c1.